The predicted octanol–water partition coefficient (Wildman–Crippen LogP) is 3.19. The van der Waals surface area contributed by atoms with Gasteiger partial charge < -0.3 is 4.74 Å². The number of rotatable bonds is 1. The number of benzene rings is 2. The van der Waals surface area contributed by atoms with Crippen molar-refractivity contribution in [2.45, 2.75) is 12.3 Å². The van der Waals surface area contributed by atoms with Crippen LogP contribution in [0.5, 0.6) is 0 Å². The SMILES string of the molecule is O=C1C[C@@H](c2ccc(F)cc2)C2=C(O1)C(=O)c1ccccc1C2=O. The Kier molecular flexibility index (Phi) is 3.16. The van der Waals surface area contributed by atoms with E-state index in [4.69, 9.17) is 4.74 Å². The molecule has 0 spiro atoms. The van der Waals surface area contributed by atoms with Gasteiger partial charge in [0.2, 0.25) is 5.78 Å². The number of carbonyl (C=O) groups is 3. The molecule has 4 nitrogen and oxygen atoms in total. The smallest absolute Gasteiger partial charge is 0.312 e. The number of fused-ring (bicyclic) bond motifs is 1. The fraction of sp³-hybridized carbons (Fsp3) is 0.105. The zero-order valence-corrected chi connectivity index (χ0v) is 12.4. The molecule has 2 aromatic carbocycles. The highest BCUT2D eigenvalue weighted by Gasteiger charge is 2.42. The maximum absolute atomic E-state index is 13.2. The van der Waals surface area contributed by atoms with Crippen molar-refractivity contribution in [3.8, 4) is 0 Å². The molecule has 0 N–H and O–H groups in total. The van der Waals surface area contributed by atoms with Gasteiger partial charge in [-0.25, -0.2) is 4.39 Å². The molecule has 1 heterocycles. The van der Waals surface area contributed by atoms with Crippen LogP contribution in [0.4, 0.5) is 4.39 Å². The molecule has 2 aromatic rings. The van der Waals surface area contributed by atoms with Gasteiger partial charge in [0, 0.05) is 17.0 Å². The fourth-order valence-electron chi connectivity index (χ4n) is 3.19. The fourth-order valence-corrected chi connectivity index (χ4v) is 3.19. The van der Waals surface area contributed by atoms with Crippen LogP contribution in [-0.2, 0) is 9.53 Å². The Morgan fingerprint density at radius 1 is 0.875 bits per heavy atom. The molecule has 0 unspecified atom stereocenters. The average molecular weight is 322 g/mol. The van der Waals surface area contributed by atoms with Gasteiger partial charge in [0.25, 0.3) is 0 Å². The van der Waals surface area contributed by atoms with E-state index in [0.29, 0.717) is 11.1 Å². The number of carbonyl (C=O) groups excluding carboxylic acids is 3. The number of Topliss-reactive ketones (excluding diaryl/α,β-unsaturated/α-hetero) is 2. The first kappa shape index (κ1) is 14.5. The number of ether oxygens (including phenoxy) is 1. The molecule has 0 bridgehead atoms. The van der Waals surface area contributed by atoms with Crippen molar-refractivity contribution in [3.05, 3.63) is 82.4 Å². The van der Waals surface area contributed by atoms with E-state index in [1.165, 1.54) is 30.3 Å². The molecule has 0 fully saturated rings. The first-order chi connectivity index (χ1) is 11.6. The summed E-state index contributed by atoms with van der Waals surface area (Å²) in [6.07, 6.45) is -0.0638. The summed E-state index contributed by atoms with van der Waals surface area (Å²) in [6.45, 7) is 0. The summed E-state index contributed by atoms with van der Waals surface area (Å²) in [4.78, 5) is 37.4. The van der Waals surface area contributed by atoms with Crippen LogP contribution in [0.2, 0.25) is 0 Å². The van der Waals surface area contributed by atoms with Crippen LogP contribution in [0.25, 0.3) is 0 Å². The van der Waals surface area contributed by atoms with Crippen molar-refractivity contribution in [1.29, 1.82) is 0 Å². The van der Waals surface area contributed by atoms with E-state index in [2.05, 4.69) is 0 Å². The van der Waals surface area contributed by atoms with Crippen molar-refractivity contribution < 1.29 is 23.5 Å². The van der Waals surface area contributed by atoms with Gasteiger partial charge in [0.1, 0.15) is 5.82 Å². The monoisotopic (exact) mass is 322 g/mol. The van der Waals surface area contributed by atoms with Crippen LogP contribution in [0.1, 0.15) is 38.6 Å². The van der Waals surface area contributed by atoms with E-state index in [0.717, 1.165) is 0 Å². The molecule has 1 aliphatic carbocycles. The highest BCUT2D eigenvalue weighted by Crippen LogP contribution is 2.41. The molecule has 0 amide bonds. The van der Waals surface area contributed by atoms with Gasteiger partial charge >= 0.3 is 5.97 Å². The molecule has 118 valence electrons. The van der Waals surface area contributed by atoms with E-state index >= 15 is 0 Å². The lowest BCUT2D eigenvalue weighted by atomic mass is 9.77. The second-order valence-electron chi connectivity index (χ2n) is 5.73. The second kappa shape index (κ2) is 5.23. The van der Waals surface area contributed by atoms with Gasteiger partial charge in [0.05, 0.1) is 12.0 Å². The normalized spacial score (nSPS) is 19.7. The van der Waals surface area contributed by atoms with Crippen molar-refractivity contribution in [1.82, 2.24) is 0 Å². The molecule has 0 saturated heterocycles. The number of halogens is 1. The average Bonchev–Trinajstić information content (AvgIpc) is 2.59. The molecule has 1 atom stereocenters. The van der Waals surface area contributed by atoms with Gasteiger partial charge in [-0.3, -0.25) is 14.4 Å². The van der Waals surface area contributed by atoms with Crippen LogP contribution < -0.4 is 0 Å². The van der Waals surface area contributed by atoms with Gasteiger partial charge in [-0.15, -0.1) is 0 Å². The summed E-state index contributed by atoms with van der Waals surface area (Å²) in [7, 11) is 0. The molecule has 4 rings (SSSR count). The Bertz CT molecular complexity index is 925. The molecule has 2 aliphatic rings. The van der Waals surface area contributed by atoms with Crippen molar-refractivity contribution >= 4 is 17.5 Å². The Balaban J connectivity index is 1.90. The number of hydrogen-bond acceptors (Lipinski definition) is 4. The summed E-state index contributed by atoms with van der Waals surface area (Å²) >= 11 is 0. The van der Waals surface area contributed by atoms with Crippen LogP contribution in [-0.4, -0.2) is 17.5 Å². The lowest BCUT2D eigenvalue weighted by Gasteiger charge is -2.29. The third-order valence-electron chi connectivity index (χ3n) is 4.32. The number of ketones is 2. The Morgan fingerprint density at radius 2 is 1.50 bits per heavy atom. The van der Waals surface area contributed by atoms with Gasteiger partial charge in [-0.2, -0.15) is 0 Å². The lowest BCUT2D eigenvalue weighted by Crippen LogP contribution is -2.32. The number of esters is 1. The third kappa shape index (κ3) is 2.09. The molecule has 24 heavy (non-hydrogen) atoms. The van der Waals surface area contributed by atoms with Gasteiger partial charge in [-0.1, -0.05) is 36.4 Å². The quantitative estimate of drug-likeness (QED) is 0.757. The van der Waals surface area contributed by atoms with Gasteiger partial charge in [-0.05, 0) is 17.7 Å². The Morgan fingerprint density at radius 3 is 2.17 bits per heavy atom. The molecule has 0 aromatic heterocycles. The van der Waals surface area contributed by atoms with E-state index in [1.807, 2.05) is 0 Å². The standard InChI is InChI=1S/C19H11FO4/c20-11-7-5-10(6-8-11)14-9-15(21)24-19-16(14)17(22)12-3-1-2-4-13(12)18(19)23/h1-8,14H,9H2/t14-/m0/s1. The first-order valence-electron chi connectivity index (χ1n) is 7.45. The summed E-state index contributed by atoms with van der Waals surface area (Å²) in [6, 6.07) is 12.0. The molecular weight excluding hydrogens is 311 g/mol. The second-order valence-corrected chi connectivity index (χ2v) is 5.73. The maximum Gasteiger partial charge on any atom is 0.312 e. The Hall–Kier alpha value is -3.08. The highest BCUT2D eigenvalue weighted by molar-refractivity contribution is 6.27. The minimum absolute atomic E-state index is 0.0638. The van der Waals surface area contributed by atoms with Crippen LogP contribution in [0.15, 0.2) is 59.9 Å². The first-order valence-corrected chi connectivity index (χ1v) is 7.45. The minimum Gasteiger partial charge on any atom is -0.422 e. The minimum atomic E-state index is -0.619. The van der Waals surface area contributed by atoms with Crippen LogP contribution >= 0.6 is 0 Å². The Labute approximate surface area is 136 Å². The zero-order valence-electron chi connectivity index (χ0n) is 12.4. The zero-order chi connectivity index (χ0) is 16.8. The predicted molar refractivity (Wildman–Crippen MR) is 82.0 cm³/mol. The lowest BCUT2D eigenvalue weighted by molar-refractivity contribution is -0.140. The molecule has 0 saturated carbocycles. The molecular formula is C19H11FO4. The third-order valence-corrected chi connectivity index (χ3v) is 4.32. The van der Waals surface area contributed by atoms with Crippen molar-refractivity contribution in [3.63, 3.8) is 0 Å². The van der Waals surface area contributed by atoms with Crippen LogP contribution in [0, 0.1) is 5.82 Å². The van der Waals surface area contributed by atoms with Crippen LogP contribution in [0.3, 0.4) is 0 Å². The summed E-state index contributed by atoms with van der Waals surface area (Å²) in [5.74, 6) is -2.62. The van der Waals surface area contributed by atoms with Crippen molar-refractivity contribution in [2.75, 3.05) is 0 Å². The molecule has 0 radical (unpaired) electrons. The maximum atomic E-state index is 13.2. The van der Waals surface area contributed by atoms with Crippen molar-refractivity contribution in [2.24, 2.45) is 0 Å². The van der Waals surface area contributed by atoms with E-state index < -0.39 is 23.5 Å². The largest absolute Gasteiger partial charge is 0.422 e. The summed E-state index contributed by atoms with van der Waals surface area (Å²) < 4.78 is 18.3. The number of allylic oxidation sites excluding steroid dienone is 2. The number of hydrogen-bond donors (Lipinski definition) is 0. The van der Waals surface area contributed by atoms with E-state index in [-0.39, 0.29) is 29.1 Å². The topological polar surface area (TPSA) is 60.4 Å². The summed E-state index contributed by atoms with van der Waals surface area (Å²) in [5, 5.41) is 0. The van der Waals surface area contributed by atoms with E-state index in [1.54, 1.807) is 18.2 Å². The molecule has 1 aliphatic heterocycles. The summed E-state index contributed by atoms with van der Waals surface area (Å²) in [5.41, 5.74) is 1.30. The molecule has 5 heteroatoms. The van der Waals surface area contributed by atoms with E-state index in [9.17, 15) is 18.8 Å². The van der Waals surface area contributed by atoms with Gasteiger partial charge in [0.15, 0.2) is 11.5 Å². The highest BCUT2D eigenvalue weighted by atomic mass is 19.1.